The van der Waals surface area contributed by atoms with Crippen LogP contribution in [0.25, 0.3) is 11.0 Å². The van der Waals surface area contributed by atoms with Gasteiger partial charge in [-0.2, -0.15) is 0 Å². The van der Waals surface area contributed by atoms with Crippen LogP contribution < -0.4 is 0 Å². The number of benzene rings is 1. The minimum atomic E-state index is -0.0508. The van der Waals surface area contributed by atoms with E-state index >= 15 is 0 Å². The second-order valence-electron chi connectivity index (χ2n) is 6.37. The van der Waals surface area contributed by atoms with Crippen molar-refractivity contribution in [1.29, 1.82) is 0 Å². The molecule has 2 aromatic rings. The zero-order valence-corrected chi connectivity index (χ0v) is 15.1. The first-order valence-electron chi connectivity index (χ1n) is 8.50. The summed E-state index contributed by atoms with van der Waals surface area (Å²) in [4.78, 5) is 20.0. The van der Waals surface area contributed by atoms with Gasteiger partial charge in [0.15, 0.2) is 5.16 Å². The second-order valence-corrected chi connectivity index (χ2v) is 7.54. The van der Waals surface area contributed by atoms with Crippen LogP contribution in [0.1, 0.15) is 45.3 Å². The molecule has 3 rings (SSSR count). The summed E-state index contributed by atoms with van der Waals surface area (Å²) in [5, 5.41) is 0.791. The van der Waals surface area contributed by atoms with Crippen LogP contribution in [-0.4, -0.2) is 44.2 Å². The number of para-hydroxylation sites is 2. The van der Waals surface area contributed by atoms with Gasteiger partial charge in [0, 0.05) is 18.6 Å². The van der Waals surface area contributed by atoms with Gasteiger partial charge in [-0.25, -0.2) is 4.98 Å². The molecule has 2 heterocycles. The second kappa shape index (κ2) is 6.65. The molecule has 0 saturated heterocycles. The van der Waals surface area contributed by atoms with E-state index in [-0.39, 0.29) is 11.2 Å². The van der Waals surface area contributed by atoms with Crippen molar-refractivity contribution in [3.05, 3.63) is 24.3 Å². The lowest BCUT2D eigenvalue weighted by Gasteiger charge is -2.34. The molecule has 3 atom stereocenters. The summed E-state index contributed by atoms with van der Waals surface area (Å²) < 4.78 is 1.80. The van der Waals surface area contributed by atoms with E-state index in [9.17, 15) is 4.79 Å². The fourth-order valence-corrected chi connectivity index (χ4v) is 4.34. The summed E-state index contributed by atoms with van der Waals surface area (Å²) in [5.74, 6) is 0.176. The fraction of sp³-hybridized carbons (Fsp3) is 0.556. The molecule has 0 spiro atoms. The Morgan fingerprint density at radius 1 is 1.22 bits per heavy atom. The number of hydrogen-bond acceptors (Lipinski definition) is 4. The van der Waals surface area contributed by atoms with E-state index in [1.807, 2.05) is 24.3 Å². The highest BCUT2D eigenvalue weighted by molar-refractivity contribution is 8.01. The molecule has 1 aromatic heterocycles. The number of imidazole rings is 1. The number of carbonyl (C=O) groups excluding carboxylic acids is 1. The van der Waals surface area contributed by atoms with Gasteiger partial charge in [-0.3, -0.25) is 14.3 Å². The lowest BCUT2D eigenvalue weighted by Crippen LogP contribution is -2.45. The van der Waals surface area contributed by atoms with Gasteiger partial charge in [0.2, 0.25) is 5.91 Å². The van der Waals surface area contributed by atoms with Crippen LogP contribution in [0.5, 0.6) is 0 Å². The minimum absolute atomic E-state index is 0.0508. The molecular formula is C18H25N3OS. The summed E-state index contributed by atoms with van der Waals surface area (Å²) in [6.07, 6.45) is 2.20. The largest absolute Gasteiger partial charge is 0.296 e. The maximum absolute atomic E-state index is 12.9. The number of fused-ring (bicyclic) bond motifs is 3. The first-order chi connectivity index (χ1) is 11.1. The Morgan fingerprint density at radius 2 is 1.87 bits per heavy atom. The van der Waals surface area contributed by atoms with Gasteiger partial charge >= 0.3 is 0 Å². The number of carbonyl (C=O) groups is 1. The fourth-order valence-electron chi connectivity index (χ4n) is 3.19. The highest BCUT2D eigenvalue weighted by Crippen LogP contribution is 2.35. The summed E-state index contributed by atoms with van der Waals surface area (Å²) in [6, 6.07) is 8.85. The molecule has 0 aliphatic carbocycles. The van der Waals surface area contributed by atoms with Crippen molar-refractivity contribution in [3.8, 4) is 0 Å². The Bertz CT molecular complexity index is 701. The van der Waals surface area contributed by atoms with E-state index in [4.69, 9.17) is 0 Å². The van der Waals surface area contributed by atoms with Crippen LogP contribution in [0.3, 0.4) is 0 Å². The van der Waals surface area contributed by atoms with Gasteiger partial charge in [-0.05, 0) is 38.8 Å². The Labute approximate surface area is 142 Å². The Morgan fingerprint density at radius 3 is 2.52 bits per heavy atom. The van der Waals surface area contributed by atoms with Crippen molar-refractivity contribution in [2.75, 3.05) is 6.54 Å². The maximum Gasteiger partial charge on any atom is 0.248 e. The third kappa shape index (κ3) is 2.92. The van der Waals surface area contributed by atoms with Crippen molar-refractivity contribution >= 4 is 28.7 Å². The monoisotopic (exact) mass is 331 g/mol. The third-order valence-corrected chi connectivity index (χ3v) is 6.08. The molecule has 0 radical (unpaired) electrons. The molecule has 0 fully saturated rings. The first-order valence-corrected chi connectivity index (χ1v) is 9.38. The van der Waals surface area contributed by atoms with Crippen LogP contribution in [0.15, 0.2) is 29.4 Å². The lowest BCUT2D eigenvalue weighted by atomic mass is 10.1. The zero-order valence-electron chi connectivity index (χ0n) is 14.3. The van der Waals surface area contributed by atoms with Crippen molar-refractivity contribution in [2.24, 2.45) is 0 Å². The van der Waals surface area contributed by atoms with Crippen molar-refractivity contribution < 1.29 is 4.79 Å². The molecule has 124 valence electrons. The van der Waals surface area contributed by atoms with Crippen LogP contribution in [-0.2, 0) is 0 Å². The minimum Gasteiger partial charge on any atom is -0.296 e. The standard InChI is InChI=1S/C18H25N3OS/c1-5-12(3)20(13(4)6-2)11-16-17(22)21-15-10-8-7-9-14(15)19-18(21)23-16/h7-10,12-13,16H,5-6,11H2,1-4H3. The average molecular weight is 331 g/mol. The summed E-state index contributed by atoms with van der Waals surface area (Å²) in [6.45, 7) is 9.73. The van der Waals surface area contributed by atoms with Gasteiger partial charge in [0.05, 0.1) is 11.0 Å². The maximum atomic E-state index is 12.9. The highest BCUT2D eigenvalue weighted by atomic mass is 32.2. The molecular weight excluding hydrogens is 306 g/mol. The number of thioether (sulfide) groups is 1. The molecule has 0 amide bonds. The number of hydrogen-bond donors (Lipinski definition) is 0. The van der Waals surface area contributed by atoms with E-state index in [1.54, 1.807) is 16.3 Å². The van der Waals surface area contributed by atoms with E-state index in [2.05, 4.69) is 37.6 Å². The van der Waals surface area contributed by atoms with E-state index in [0.29, 0.717) is 12.1 Å². The van der Waals surface area contributed by atoms with Gasteiger partial charge in [-0.1, -0.05) is 37.7 Å². The average Bonchev–Trinajstić information content (AvgIpc) is 3.07. The molecule has 1 aliphatic rings. The smallest absolute Gasteiger partial charge is 0.248 e. The molecule has 1 aromatic carbocycles. The molecule has 5 heteroatoms. The molecule has 1 aliphatic heterocycles. The highest BCUT2D eigenvalue weighted by Gasteiger charge is 2.36. The Kier molecular flexibility index (Phi) is 4.78. The van der Waals surface area contributed by atoms with E-state index in [0.717, 1.165) is 35.6 Å². The molecule has 3 unspecified atom stereocenters. The number of nitrogens with zero attached hydrogens (tertiary/aromatic N) is 3. The van der Waals surface area contributed by atoms with Crippen molar-refractivity contribution in [2.45, 2.75) is 63.0 Å². The van der Waals surface area contributed by atoms with Gasteiger partial charge < -0.3 is 0 Å². The SMILES string of the molecule is CCC(C)N(CC1Sc2nc3ccccc3n2C1=O)C(C)CC. The van der Waals surface area contributed by atoms with Crippen molar-refractivity contribution in [1.82, 2.24) is 14.5 Å². The molecule has 0 N–H and O–H groups in total. The number of rotatable bonds is 6. The van der Waals surface area contributed by atoms with Crippen LogP contribution in [0, 0.1) is 0 Å². The normalized spacial score (nSPS) is 20.2. The van der Waals surface area contributed by atoms with Crippen LogP contribution in [0.2, 0.25) is 0 Å². The summed E-state index contributed by atoms with van der Waals surface area (Å²) in [5.41, 5.74) is 1.84. The summed E-state index contributed by atoms with van der Waals surface area (Å²) in [7, 11) is 0. The van der Waals surface area contributed by atoms with Gasteiger partial charge in [0.25, 0.3) is 0 Å². The Hall–Kier alpha value is -1.33. The predicted octanol–water partition coefficient (Wildman–Crippen LogP) is 4.05. The molecule has 4 nitrogen and oxygen atoms in total. The van der Waals surface area contributed by atoms with Crippen molar-refractivity contribution in [3.63, 3.8) is 0 Å². The van der Waals surface area contributed by atoms with Gasteiger partial charge in [-0.15, -0.1) is 0 Å². The first kappa shape index (κ1) is 16.5. The number of aromatic nitrogens is 2. The molecule has 0 bridgehead atoms. The van der Waals surface area contributed by atoms with Gasteiger partial charge in [0.1, 0.15) is 5.25 Å². The topological polar surface area (TPSA) is 38.1 Å². The summed E-state index contributed by atoms with van der Waals surface area (Å²) >= 11 is 1.61. The lowest BCUT2D eigenvalue weighted by molar-refractivity contribution is 0.0863. The van der Waals surface area contributed by atoms with Crippen LogP contribution in [0.4, 0.5) is 0 Å². The third-order valence-electron chi connectivity index (χ3n) is 4.96. The van der Waals surface area contributed by atoms with Crippen LogP contribution >= 0.6 is 11.8 Å². The van der Waals surface area contributed by atoms with E-state index < -0.39 is 0 Å². The molecule has 23 heavy (non-hydrogen) atoms. The molecule has 0 saturated carbocycles. The predicted molar refractivity (Wildman–Crippen MR) is 96.2 cm³/mol. The van der Waals surface area contributed by atoms with E-state index in [1.165, 1.54) is 0 Å². The quantitative estimate of drug-likeness (QED) is 0.800. The Balaban J connectivity index is 1.84. The zero-order chi connectivity index (χ0) is 16.6.